The Bertz CT molecular complexity index is 763. The quantitative estimate of drug-likeness (QED) is 0.248. The van der Waals surface area contributed by atoms with Gasteiger partial charge in [-0.05, 0) is 0 Å². The third kappa shape index (κ3) is 4.40. The van der Waals surface area contributed by atoms with Crippen LogP contribution in [0.3, 0.4) is 0 Å². The molecule has 7 nitrogen and oxygen atoms in total. The maximum absolute atomic E-state index is 13.2. The number of nitrogens with one attached hydrogen (secondary N) is 1. The predicted octanol–water partition coefficient (Wildman–Crippen LogP) is 1.52. The van der Waals surface area contributed by atoms with Crippen molar-refractivity contribution in [2.45, 2.75) is 13.0 Å². The summed E-state index contributed by atoms with van der Waals surface area (Å²) >= 11 is 5.27. The van der Waals surface area contributed by atoms with Crippen LogP contribution < -0.4 is 10.9 Å². The number of carbonyl (C=O) groups excluding carboxylic acids is 1. The molecule has 0 saturated heterocycles. The van der Waals surface area contributed by atoms with Crippen molar-refractivity contribution in [1.29, 1.82) is 0 Å². The van der Waals surface area contributed by atoms with E-state index in [-0.39, 0.29) is 39.3 Å². The first-order valence-corrected chi connectivity index (χ1v) is 8.96. The number of hydrogen-bond donors (Lipinski definition) is 1. The van der Waals surface area contributed by atoms with Gasteiger partial charge in [0.15, 0.2) is 0 Å². The molecular weight excluding hydrogens is 394 g/mol. The molecule has 1 N–H and O–H groups in total. The van der Waals surface area contributed by atoms with Gasteiger partial charge in [0, 0.05) is 0 Å². The number of urea groups is 1. The zero-order chi connectivity index (χ0) is 16.8. The number of nitrogens with zero attached hydrogens (tertiary/aromatic N) is 3. The van der Waals surface area contributed by atoms with E-state index in [1.807, 2.05) is 0 Å². The van der Waals surface area contributed by atoms with Crippen LogP contribution in [0.25, 0.3) is 9.65 Å². The Balaban J connectivity index is 1.90. The van der Waals surface area contributed by atoms with Crippen molar-refractivity contribution in [1.82, 2.24) is 13.9 Å². The molecule has 0 radical (unpaired) electrons. The van der Waals surface area contributed by atoms with Crippen molar-refractivity contribution < 1.29 is 9.18 Å². The number of alkyl halides is 1. The van der Waals surface area contributed by atoms with Crippen LogP contribution in [-0.2, 0) is 6.54 Å². The summed E-state index contributed by atoms with van der Waals surface area (Å²) in [5.41, 5.74) is -0.191. The van der Waals surface area contributed by atoms with Gasteiger partial charge in [-0.25, -0.2) is 0 Å². The molecule has 1 heterocycles. The first kappa shape index (κ1) is 17.7. The summed E-state index contributed by atoms with van der Waals surface area (Å²) in [6.07, 6.45) is 0.517. The molecule has 0 fully saturated rings. The van der Waals surface area contributed by atoms with Gasteiger partial charge in [-0.2, -0.15) is 0 Å². The van der Waals surface area contributed by atoms with Crippen molar-refractivity contribution in [3.05, 3.63) is 39.3 Å². The molecule has 0 atom stereocenters. The van der Waals surface area contributed by atoms with E-state index in [0.717, 1.165) is 4.26 Å². The van der Waals surface area contributed by atoms with E-state index in [4.69, 9.17) is 11.6 Å². The fourth-order valence-corrected chi connectivity index (χ4v) is 4.24. The first-order valence-electron chi connectivity index (χ1n) is 6.81. The van der Waals surface area contributed by atoms with Gasteiger partial charge in [0.2, 0.25) is 0 Å². The second-order valence-electron chi connectivity index (χ2n) is 4.62. The standard InChI is InChI=1S/C13H14ClFN4O3Se/c14-4-7-18(17-22)13(21)16-5-1-6-19-12(20)10-8-9(15)2-3-11(10)23-19/h2-3,8H,1,4-7H2,(H,16,21). The summed E-state index contributed by atoms with van der Waals surface area (Å²) in [7, 11) is 0. The molecule has 124 valence electrons. The molecule has 23 heavy (non-hydrogen) atoms. The van der Waals surface area contributed by atoms with Crippen LogP contribution in [-0.4, -0.2) is 48.3 Å². The fraction of sp³-hybridized carbons (Fsp3) is 0.385. The molecule has 1 aromatic carbocycles. The summed E-state index contributed by atoms with van der Waals surface area (Å²) in [6.45, 7) is 0.766. The van der Waals surface area contributed by atoms with Crippen molar-refractivity contribution >= 4 is 42.0 Å². The predicted molar refractivity (Wildman–Crippen MR) is 86.3 cm³/mol. The normalized spacial score (nSPS) is 10.7. The van der Waals surface area contributed by atoms with Crippen molar-refractivity contribution in [3.8, 4) is 0 Å². The van der Waals surface area contributed by atoms with E-state index in [0.29, 0.717) is 23.4 Å². The Morgan fingerprint density at radius 1 is 1.48 bits per heavy atom. The molecule has 0 bridgehead atoms. The molecular formula is C13H14ClFN4O3Se. The van der Waals surface area contributed by atoms with Crippen molar-refractivity contribution in [2.75, 3.05) is 19.0 Å². The van der Waals surface area contributed by atoms with Gasteiger partial charge < -0.3 is 0 Å². The van der Waals surface area contributed by atoms with Crippen LogP contribution in [0, 0.1) is 10.7 Å². The molecule has 2 amide bonds. The second-order valence-corrected chi connectivity index (χ2v) is 7.23. The average molecular weight is 408 g/mol. The number of halogens is 2. The van der Waals surface area contributed by atoms with Crippen LogP contribution in [0.1, 0.15) is 6.42 Å². The third-order valence-electron chi connectivity index (χ3n) is 3.05. The summed E-state index contributed by atoms with van der Waals surface area (Å²) in [5, 5.41) is 6.22. The number of nitroso groups, excluding NO2 is 1. The Morgan fingerprint density at radius 3 is 2.96 bits per heavy atom. The zero-order valence-corrected chi connectivity index (χ0v) is 14.5. The van der Waals surface area contributed by atoms with Crippen molar-refractivity contribution in [3.63, 3.8) is 0 Å². The molecule has 0 saturated carbocycles. The SMILES string of the molecule is O=NN(CCCl)C(=O)NCCCn1[se]c2ccc(F)cc2c1=O. The van der Waals surface area contributed by atoms with Crippen LogP contribution >= 0.6 is 11.6 Å². The number of fused-ring (bicyclic) bond motifs is 1. The van der Waals surface area contributed by atoms with Crippen LogP contribution in [0.15, 0.2) is 28.3 Å². The number of rotatable bonds is 7. The van der Waals surface area contributed by atoms with Gasteiger partial charge in [-0.3, -0.25) is 0 Å². The summed E-state index contributed by atoms with van der Waals surface area (Å²) in [5.74, 6) is -0.318. The molecule has 1 aromatic heterocycles. The molecule has 0 aliphatic carbocycles. The van der Waals surface area contributed by atoms with Gasteiger partial charge in [-0.1, -0.05) is 0 Å². The molecule has 2 rings (SSSR count). The van der Waals surface area contributed by atoms with Crippen LogP contribution in [0.5, 0.6) is 0 Å². The minimum absolute atomic E-state index is 0.0332. The van der Waals surface area contributed by atoms with Crippen LogP contribution in [0.4, 0.5) is 9.18 Å². The summed E-state index contributed by atoms with van der Waals surface area (Å²) in [6, 6.07) is 3.60. The van der Waals surface area contributed by atoms with Gasteiger partial charge in [0.25, 0.3) is 0 Å². The third-order valence-corrected chi connectivity index (χ3v) is 5.57. The fourth-order valence-electron chi connectivity index (χ4n) is 1.96. The van der Waals surface area contributed by atoms with E-state index in [2.05, 4.69) is 10.6 Å². The average Bonchev–Trinajstić information content (AvgIpc) is 2.85. The topological polar surface area (TPSA) is 83.8 Å². The Kier molecular flexibility index (Phi) is 6.32. The van der Waals surface area contributed by atoms with Crippen molar-refractivity contribution in [2.24, 2.45) is 5.29 Å². The van der Waals surface area contributed by atoms with Gasteiger partial charge in [0.05, 0.1) is 0 Å². The Hall–Kier alpha value is -1.70. The van der Waals surface area contributed by atoms with Gasteiger partial charge in [-0.15, -0.1) is 0 Å². The number of aromatic nitrogens is 1. The number of aryl methyl sites for hydroxylation is 1. The van der Waals surface area contributed by atoms with E-state index >= 15 is 0 Å². The van der Waals surface area contributed by atoms with Gasteiger partial charge >= 0.3 is 142 Å². The second kappa shape index (κ2) is 8.24. The molecule has 0 aliphatic heterocycles. The van der Waals surface area contributed by atoms with E-state index in [1.165, 1.54) is 12.1 Å². The molecule has 0 unspecified atom stereocenters. The zero-order valence-electron chi connectivity index (χ0n) is 12.0. The molecule has 2 aromatic rings. The summed E-state index contributed by atoms with van der Waals surface area (Å²) in [4.78, 5) is 34.2. The maximum atomic E-state index is 13.2. The molecule has 0 aliphatic rings. The first-order chi connectivity index (χ1) is 11.1. The van der Waals surface area contributed by atoms with E-state index in [9.17, 15) is 18.9 Å². The monoisotopic (exact) mass is 408 g/mol. The van der Waals surface area contributed by atoms with E-state index in [1.54, 1.807) is 9.63 Å². The Morgan fingerprint density at radius 2 is 2.26 bits per heavy atom. The number of hydrogen-bond acceptors (Lipinski definition) is 4. The summed E-state index contributed by atoms with van der Waals surface area (Å²) < 4.78 is 15.7. The number of benzene rings is 1. The van der Waals surface area contributed by atoms with Crippen LogP contribution in [0.2, 0.25) is 0 Å². The Labute approximate surface area is 141 Å². The minimum atomic E-state index is -0.621. The number of amides is 2. The number of carbonyl (C=O) groups is 1. The molecule has 10 heteroatoms. The van der Waals surface area contributed by atoms with E-state index < -0.39 is 11.8 Å². The molecule has 0 spiro atoms. The van der Waals surface area contributed by atoms with Gasteiger partial charge in [0.1, 0.15) is 0 Å².